The third-order valence-corrected chi connectivity index (χ3v) is 5.68. The second kappa shape index (κ2) is 7.40. The van der Waals surface area contributed by atoms with Crippen molar-refractivity contribution in [2.75, 3.05) is 0 Å². The number of rotatable bonds is 6. The Bertz CT molecular complexity index is 1040. The lowest BCUT2D eigenvalue weighted by Gasteiger charge is -2.13. The molecular formula is C19H17N3O4S. The number of nitrogens with zero attached hydrogens (tertiary/aromatic N) is 3. The van der Waals surface area contributed by atoms with Crippen LogP contribution in [0.2, 0.25) is 0 Å². The molecule has 1 aliphatic rings. The summed E-state index contributed by atoms with van der Waals surface area (Å²) in [6, 6.07) is 10.2. The normalized spacial score (nSPS) is 12.9. The van der Waals surface area contributed by atoms with Crippen molar-refractivity contribution >= 4 is 17.4 Å². The molecule has 0 unspecified atom stereocenters. The number of benzene rings is 1. The average Bonchev–Trinajstić information content (AvgIpc) is 3.34. The van der Waals surface area contributed by atoms with Gasteiger partial charge in [0, 0.05) is 29.1 Å². The fourth-order valence-electron chi connectivity index (χ4n) is 3.34. The summed E-state index contributed by atoms with van der Waals surface area (Å²) in [6.07, 6.45) is 4.32. The Morgan fingerprint density at radius 1 is 1.26 bits per heavy atom. The van der Waals surface area contributed by atoms with E-state index < -0.39 is 4.92 Å². The van der Waals surface area contributed by atoms with Crippen LogP contribution in [0.3, 0.4) is 0 Å². The average molecular weight is 383 g/mol. The van der Waals surface area contributed by atoms with E-state index in [-0.39, 0.29) is 11.4 Å². The zero-order chi connectivity index (χ0) is 18.8. The van der Waals surface area contributed by atoms with E-state index in [4.69, 9.17) is 4.42 Å². The van der Waals surface area contributed by atoms with Crippen molar-refractivity contribution in [3.05, 3.63) is 85.8 Å². The molecule has 2 aromatic heterocycles. The van der Waals surface area contributed by atoms with Crippen LogP contribution in [0.4, 0.5) is 5.69 Å². The molecule has 0 saturated heterocycles. The first kappa shape index (κ1) is 17.5. The number of furan rings is 1. The zero-order valence-electron chi connectivity index (χ0n) is 14.5. The highest BCUT2D eigenvalue weighted by Gasteiger charge is 2.22. The number of hydrogen-bond donors (Lipinski definition) is 0. The minimum Gasteiger partial charge on any atom is -0.467 e. The lowest BCUT2D eigenvalue weighted by Crippen LogP contribution is -2.27. The highest BCUT2D eigenvalue weighted by atomic mass is 32.2. The van der Waals surface area contributed by atoms with Crippen molar-refractivity contribution in [3.63, 3.8) is 0 Å². The van der Waals surface area contributed by atoms with E-state index in [1.807, 2.05) is 12.1 Å². The van der Waals surface area contributed by atoms with Gasteiger partial charge in [-0.15, -0.1) is 11.8 Å². The largest absolute Gasteiger partial charge is 0.467 e. The molecule has 0 spiro atoms. The predicted molar refractivity (Wildman–Crippen MR) is 101 cm³/mol. The molecule has 8 heteroatoms. The minimum absolute atomic E-state index is 0.0696. The lowest BCUT2D eigenvalue weighted by molar-refractivity contribution is -0.384. The summed E-state index contributed by atoms with van der Waals surface area (Å²) in [7, 11) is 0. The van der Waals surface area contributed by atoms with Gasteiger partial charge in [0.25, 0.3) is 5.69 Å². The van der Waals surface area contributed by atoms with Gasteiger partial charge in [-0.05, 0) is 37.0 Å². The summed E-state index contributed by atoms with van der Waals surface area (Å²) in [6.45, 7) is 0.386. The highest BCUT2D eigenvalue weighted by Crippen LogP contribution is 2.31. The maximum atomic E-state index is 12.6. The predicted octanol–water partition coefficient (Wildman–Crippen LogP) is 3.57. The summed E-state index contributed by atoms with van der Waals surface area (Å²) in [5.41, 5.74) is 2.75. The Balaban J connectivity index is 1.60. The van der Waals surface area contributed by atoms with Crippen molar-refractivity contribution < 1.29 is 9.34 Å². The third-order valence-electron chi connectivity index (χ3n) is 4.59. The molecule has 2 heterocycles. The number of nitro groups is 1. The molecule has 0 aliphatic heterocycles. The first-order valence-corrected chi connectivity index (χ1v) is 9.61. The molecule has 0 N–H and O–H groups in total. The maximum absolute atomic E-state index is 12.6. The third kappa shape index (κ3) is 3.66. The van der Waals surface area contributed by atoms with Crippen LogP contribution >= 0.6 is 11.8 Å². The van der Waals surface area contributed by atoms with E-state index in [0.717, 1.165) is 46.9 Å². The standard InChI is InChI=1S/C19H17N3O4S/c23-19-20-18(27-12-13-4-1-5-14(10-13)22(24)25)16-7-2-8-17(16)21(19)11-15-6-3-9-26-15/h1,3-6,9-10H,2,7-8,11-12H2. The molecule has 0 radical (unpaired) electrons. The molecule has 0 amide bonds. The molecule has 0 bridgehead atoms. The zero-order valence-corrected chi connectivity index (χ0v) is 15.3. The summed E-state index contributed by atoms with van der Waals surface area (Å²) in [4.78, 5) is 27.4. The van der Waals surface area contributed by atoms with Gasteiger partial charge in [0.2, 0.25) is 0 Å². The molecule has 0 atom stereocenters. The van der Waals surface area contributed by atoms with Gasteiger partial charge < -0.3 is 4.42 Å². The summed E-state index contributed by atoms with van der Waals surface area (Å²) >= 11 is 1.46. The van der Waals surface area contributed by atoms with Gasteiger partial charge in [0.15, 0.2) is 0 Å². The van der Waals surface area contributed by atoms with Gasteiger partial charge in [-0.25, -0.2) is 4.79 Å². The Morgan fingerprint density at radius 2 is 2.15 bits per heavy atom. The van der Waals surface area contributed by atoms with Gasteiger partial charge in [-0.3, -0.25) is 14.7 Å². The first-order chi connectivity index (χ1) is 13.1. The molecule has 4 rings (SSSR count). The Morgan fingerprint density at radius 3 is 2.93 bits per heavy atom. The number of aromatic nitrogens is 2. The summed E-state index contributed by atoms with van der Waals surface area (Å²) < 4.78 is 7.06. The van der Waals surface area contributed by atoms with Crippen LogP contribution < -0.4 is 5.69 Å². The van der Waals surface area contributed by atoms with Crippen molar-refractivity contribution in [1.29, 1.82) is 0 Å². The number of fused-ring (bicyclic) bond motifs is 1. The van der Waals surface area contributed by atoms with Gasteiger partial charge in [-0.2, -0.15) is 4.98 Å². The fourth-order valence-corrected chi connectivity index (χ4v) is 4.36. The Hall–Kier alpha value is -2.87. The summed E-state index contributed by atoms with van der Waals surface area (Å²) in [5.74, 6) is 1.26. The van der Waals surface area contributed by atoms with Crippen molar-refractivity contribution in [3.8, 4) is 0 Å². The van der Waals surface area contributed by atoms with E-state index >= 15 is 0 Å². The topological polar surface area (TPSA) is 91.2 Å². The van der Waals surface area contributed by atoms with Crippen LogP contribution in [0.15, 0.2) is 56.9 Å². The molecule has 3 aromatic rings. The molecule has 27 heavy (non-hydrogen) atoms. The quantitative estimate of drug-likeness (QED) is 0.280. The Labute approximate surface area is 159 Å². The molecule has 1 aliphatic carbocycles. The van der Waals surface area contributed by atoms with E-state index in [0.29, 0.717) is 12.3 Å². The van der Waals surface area contributed by atoms with Crippen molar-refractivity contribution in [2.24, 2.45) is 0 Å². The lowest BCUT2D eigenvalue weighted by atomic mass is 10.2. The SMILES string of the molecule is O=c1nc(SCc2cccc([N+](=O)[O-])c2)c2c(n1Cc1ccco1)CCC2. The second-order valence-corrected chi connectivity index (χ2v) is 7.32. The fraction of sp³-hybridized carbons (Fsp3) is 0.263. The van der Waals surface area contributed by atoms with E-state index in [1.54, 1.807) is 29.0 Å². The summed E-state index contributed by atoms with van der Waals surface area (Å²) in [5, 5.41) is 11.7. The minimum atomic E-state index is -0.403. The first-order valence-electron chi connectivity index (χ1n) is 8.63. The van der Waals surface area contributed by atoms with Crippen LogP contribution in [0, 0.1) is 10.1 Å². The highest BCUT2D eigenvalue weighted by molar-refractivity contribution is 7.98. The molecule has 1 aromatic carbocycles. The molecule has 138 valence electrons. The molecule has 0 fully saturated rings. The van der Waals surface area contributed by atoms with Crippen LogP contribution in [0.5, 0.6) is 0 Å². The molecule has 0 saturated carbocycles. The van der Waals surface area contributed by atoms with Crippen molar-refractivity contribution in [1.82, 2.24) is 9.55 Å². The monoisotopic (exact) mass is 383 g/mol. The second-order valence-electron chi connectivity index (χ2n) is 6.36. The number of thioether (sulfide) groups is 1. The van der Waals surface area contributed by atoms with Crippen molar-refractivity contribution in [2.45, 2.75) is 36.6 Å². The van der Waals surface area contributed by atoms with Crippen LogP contribution in [0.1, 0.15) is 29.0 Å². The van der Waals surface area contributed by atoms with Gasteiger partial charge in [0.05, 0.1) is 17.7 Å². The molecule has 7 nitrogen and oxygen atoms in total. The van der Waals surface area contributed by atoms with Gasteiger partial charge in [0.1, 0.15) is 10.8 Å². The van der Waals surface area contributed by atoms with Crippen LogP contribution in [-0.2, 0) is 25.1 Å². The van der Waals surface area contributed by atoms with Crippen LogP contribution in [0.25, 0.3) is 0 Å². The van der Waals surface area contributed by atoms with E-state index in [1.165, 1.54) is 17.8 Å². The maximum Gasteiger partial charge on any atom is 0.349 e. The van der Waals surface area contributed by atoms with Gasteiger partial charge >= 0.3 is 5.69 Å². The van der Waals surface area contributed by atoms with E-state index in [9.17, 15) is 14.9 Å². The Kier molecular flexibility index (Phi) is 4.81. The number of non-ortho nitro benzene ring substituents is 1. The van der Waals surface area contributed by atoms with Crippen LogP contribution in [-0.4, -0.2) is 14.5 Å². The molecular weight excluding hydrogens is 366 g/mol. The number of hydrogen-bond acceptors (Lipinski definition) is 6. The smallest absolute Gasteiger partial charge is 0.349 e. The number of nitro benzene ring substituents is 1. The van der Waals surface area contributed by atoms with E-state index in [2.05, 4.69) is 4.98 Å². The van der Waals surface area contributed by atoms with Gasteiger partial charge in [-0.1, -0.05) is 12.1 Å².